The molecule has 0 unspecified atom stereocenters. The fourth-order valence-corrected chi connectivity index (χ4v) is 7.17. The largest absolute Gasteiger partial charge is 0.357 e. The van der Waals surface area contributed by atoms with Crippen LogP contribution in [0.5, 0.6) is 0 Å². The van der Waals surface area contributed by atoms with Crippen molar-refractivity contribution in [2.45, 2.75) is 36.2 Å². The van der Waals surface area contributed by atoms with Crippen LogP contribution in [0.3, 0.4) is 0 Å². The maximum absolute atomic E-state index is 13.8. The van der Waals surface area contributed by atoms with E-state index in [1.54, 1.807) is 16.4 Å². The van der Waals surface area contributed by atoms with Gasteiger partial charge in [-0.1, -0.05) is 73.2 Å². The number of hydrogen-bond donors (Lipinski definition) is 0. The van der Waals surface area contributed by atoms with Crippen molar-refractivity contribution in [2.75, 3.05) is 18.5 Å². The first-order valence-corrected chi connectivity index (χ1v) is 11.7. The minimum absolute atomic E-state index is 0.0648. The molecule has 2 aliphatic rings. The Labute approximate surface area is 178 Å². The SMILES string of the molecule is Cc1ccc(S(=O)(=O)N2C[C@@H](c3ccccc3)[C@@]3(C)c4ccccc4N(C)[C@@H]23)cc1. The Morgan fingerprint density at radius 3 is 2.23 bits per heavy atom. The zero-order valence-electron chi connectivity index (χ0n) is 17.5. The Morgan fingerprint density at radius 1 is 0.900 bits per heavy atom. The number of hydrogen-bond acceptors (Lipinski definition) is 3. The van der Waals surface area contributed by atoms with E-state index in [9.17, 15) is 8.42 Å². The van der Waals surface area contributed by atoms with Crippen LogP contribution in [0.15, 0.2) is 83.8 Å². The lowest BCUT2D eigenvalue weighted by atomic mass is 9.71. The van der Waals surface area contributed by atoms with Gasteiger partial charge in [0.1, 0.15) is 6.17 Å². The van der Waals surface area contributed by atoms with E-state index in [-0.39, 0.29) is 17.5 Å². The summed E-state index contributed by atoms with van der Waals surface area (Å²) in [6.45, 7) is 4.65. The molecule has 1 fully saturated rings. The van der Waals surface area contributed by atoms with Crippen molar-refractivity contribution in [3.8, 4) is 0 Å². The third kappa shape index (κ3) is 2.58. The normalized spacial score (nSPS) is 25.9. The lowest BCUT2D eigenvalue weighted by Crippen LogP contribution is -2.49. The van der Waals surface area contributed by atoms with E-state index in [2.05, 4.69) is 42.2 Å². The molecule has 3 atom stereocenters. The molecule has 1 saturated heterocycles. The molecule has 5 heteroatoms. The van der Waals surface area contributed by atoms with E-state index < -0.39 is 10.0 Å². The van der Waals surface area contributed by atoms with Crippen LogP contribution in [0.2, 0.25) is 0 Å². The summed E-state index contributed by atoms with van der Waals surface area (Å²) < 4.78 is 29.3. The van der Waals surface area contributed by atoms with Gasteiger partial charge in [-0.2, -0.15) is 4.31 Å². The molecule has 5 rings (SSSR count). The molecular weight excluding hydrogens is 392 g/mol. The van der Waals surface area contributed by atoms with E-state index in [4.69, 9.17) is 0 Å². The van der Waals surface area contributed by atoms with Crippen molar-refractivity contribution >= 4 is 15.7 Å². The van der Waals surface area contributed by atoms with Gasteiger partial charge in [-0.25, -0.2) is 8.42 Å². The minimum atomic E-state index is -3.65. The molecule has 0 radical (unpaired) electrons. The summed E-state index contributed by atoms with van der Waals surface area (Å²) in [5.41, 5.74) is 4.21. The first-order valence-electron chi connectivity index (χ1n) is 10.3. The molecule has 0 aromatic heterocycles. The fraction of sp³-hybridized carbons (Fsp3) is 0.280. The van der Waals surface area contributed by atoms with Gasteiger partial charge in [0.25, 0.3) is 0 Å². The molecule has 0 N–H and O–H groups in total. The van der Waals surface area contributed by atoms with Gasteiger partial charge in [0.15, 0.2) is 0 Å². The number of likely N-dealkylation sites (N-methyl/N-ethyl adjacent to an activating group) is 1. The van der Waals surface area contributed by atoms with Crippen LogP contribution in [0.4, 0.5) is 5.69 Å². The van der Waals surface area contributed by atoms with Gasteiger partial charge in [-0.15, -0.1) is 0 Å². The summed E-state index contributed by atoms with van der Waals surface area (Å²) >= 11 is 0. The second kappa shape index (κ2) is 6.69. The average molecular weight is 419 g/mol. The lowest BCUT2D eigenvalue weighted by molar-refractivity contribution is 0.324. The first kappa shape index (κ1) is 19.3. The van der Waals surface area contributed by atoms with Gasteiger partial charge in [-0.05, 0) is 36.2 Å². The molecule has 0 bridgehead atoms. The van der Waals surface area contributed by atoms with Crippen molar-refractivity contribution in [2.24, 2.45) is 0 Å². The molecule has 0 spiro atoms. The van der Waals surface area contributed by atoms with Crippen molar-refractivity contribution in [3.63, 3.8) is 0 Å². The molecule has 3 aromatic rings. The topological polar surface area (TPSA) is 40.6 Å². The second-order valence-corrected chi connectivity index (χ2v) is 10.5. The highest BCUT2D eigenvalue weighted by atomic mass is 32.2. The number of rotatable bonds is 3. The van der Waals surface area contributed by atoms with Gasteiger partial charge < -0.3 is 4.90 Å². The van der Waals surface area contributed by atoms with Gasteiger partial charge in [0.05, 0.1) is 4.90 Å². The zero-order chi connectivity index (χ0) is 21.1. The molecule has 154 valence electrons. The van der Waals surface area contributed by atoms with Crippen molar-refractivity contribution in [3.05, 3.63) is 95.6 Å². The fourth-order valence-electron chi connectivity index (χ4n) is 5.45. The zero-order valence-corrected chi connectivity index (χ0v) is 18.3. The Kier molecular flexibility index (Phi) is 4.31. The van der Waals surface area contributed by atoms with Crippen molar-refractivity contribution < 1.29 is 8.42 Å². The predicted molar refractivity (Wildman–Crippen MR) is 120 cm³/mol. The minimum Gasteiger partial charge on any atom is -0.357 e. The maximum Gasteiger partial charge on any atom is 0.244 e. The monoisotopic (exact) mass is 418 g/mol. The number of benzene rings is 3. The summed E-state index contributed by atoms with van der Waals surface area (Å²) in [7, 11) is -1.63. The van der Waals surface area contributed by atoms with E-state index in [1.807, 2.05) is 50.4 Å². The van der Waals surface area contributed by atoms with E-state index in [0.717, 1.165) is 11.3 Å². The summed E-state index contributed by atoms with van der Waals surface area (Å²) in [6, 6.07) is 25.8. The van der Waals surface area contributed by atoms with Gasteiger partial charge in [0, 0.05) is 30.6 Å². The van der Waals surface area contributed by atoms with Crippen LogP contribution in [-0.4, -0.2) is 32.5 Å². The summed E-state index contributed by atoms with van der Waals surface area (Å²) in [4.78, 5) is 2.50. The molecular formula is C25H26N2O2S. The summed E-state index contributed by atoms with van der Waals surface area (Å²) in [6.07, 6.45) is -0.272. The molecule has 3 aromatic carbocycles. The van der Waals surface area contributed by atoms with Crippen molar-refractivity contribution in [1.29, 1.82) is 0 Å². The van der Waals surface area contributed by atoms with Gasteiger partial charge in [0.2, 0.25) is 10.0 Å². The molecule has 0 amide bonds. The Morgan fingerprint density at radius 2 is 1.53 bits per heavy atom. The molecule has 0 aliphatic carbocycles. The number of sulfonamides is 1. The quantitative estimate of drug-likeness (QED) is 0.628. The summed E-state index contributed by atoms with van der Waals surface area (Å²) in [5, 5.41) is 0. The Hall–Kier alpha value is -2.63. The highest BCUT2D eigenvalue weighted by molar-refractivity contribution is 7.89. The van der Waals surface area contributed by atoms with E-state index in [1.165, 1.54) is 11.1 Å². The van der Waals surface area contributed by atoms with Gasteiger partial charge in [-0.3, -0.25) is 0 Å². The number of anilines is 1. The summed E-state index contributed by atoms with van der Waals surface area (Å²) in [5.74, 6) is 0.0648. The Balaban J connectivity index is 1.69. The molecule has 2 aliphatic heterocycles. The van der Waals surface area contributed by atoms with E-state index in [0.29, 0.717) is 11.4 Å². The molecule has 0 saturated carbocycles. The second-order valence-electron chi connectivity index (χ2n) is 8.64. The van der Waals surface area contributed by atoms with Crippen LogP contribution in [0.1, 0.15) is 29.5 Å². The van der Waals surface area contributed by atoms with Crippen LogP contribution < -0.4 is 4.90 Å². The predicted octanol–water partition coefficient (Wildman–Crippen LogP) is 4.52. The van der Waals surface area contributed by atoms with E-state index >= 15 is 0 Å². The highest BCUT2D eigenvalue weighted by Gasteiger charge is 2.61. The molecule has 4 nitrogen and oxygen atoms in total. The van der Waals surface area contributed by atoms with Crippen LogP contribution in [0, 0.1) is 6.92 Å². The first-order chi connectivity index (χ1) is 14.3. The number of para-hydroxylation sites is 1. The number of aryl methyl sites for hydroxylation is 1. The lowest BCUT2D eigenvalue weighted by Gasteiger charge is -2.35. The third-order valence-corrected chi connectivity index (χ3v) is 8.79. The Bertz CT molecular complexity index is 1190. The van der Waals surface area contributed by atoms with Crippen LogP contribution >= 0.6 is 0 Å². The maximum atomic E-state index is 13.8. The molecule has 30 heavy (non-hydrogen) atoms. The van der Waals surface area contributed by atoms with Crippen molar-refractivity contribution in [1.82, 2.24) is 4.31 Å². The number of nitrogens with zero attached hydrogens (tertiary/aromatic N) is 2. The van der Waals surface area contributed by atoms with Crippen LogP contribution in [-0.2, 0) is 15.4 Å². The highest BCUT2D eigenvalue weighted by Crippen LogP contribution is 2.58. The molecule has 2 heterocycles. The smallest absolute Gasteiger partial charge is 0.244 e. The average Bonchev–Trinajstić information content (AvgIpc) is 3.19. The third-order valence-electron chi connectivity index (χ3n) is 6.96. The number of fused-ring (bicyclic) bond motifs is 3. The standard InChI is InChI=1S/C25H26N2O2S/c1-18-13-15-20(16-14-18)30(28,29)27-17-22(19-9-5-4-6-10-19)25(2)21-11-7-8-12-23(21)26(3)24(25)27/h4-16,22,24H,17H2,1-3H3/t22-,24-,25+/m0/s1. The van der Waals surface area contributed by atoms with Crippen LogP contribution in [0.25, 0.3) is 0 Å². The van der Waals surface area contributed by atoms with Gasteiger partial charge >= 0.3 is 0 Å².